The molecule has 0 radical (unpaired) electrons. The number of nitrogens with one attached hydrogen (secondary N) is 2. The van der Waals surface area contributed by atoms with Crippen molar-refractivity contribution >= 4 is 58.5 Å². The summed E-state index contributed by atoms with van der Waals surface area (Å²) in [7, 11) is 0. The number of rotatable bonds is 6. The minimum absolute atomic E-state index is 0. The summed E-state index contributed by atoms with van der Waals surface area (Å²) < 4.78 is 0. The van der Waals surface area contributed by atoms with E-state index < -0.39 is 0 Å². The maximum atomic E-state index is 12.4. The number of hydrogen-bond donors (Lipinski definition) is 2. The summed E-state index contributed by atoms with van der Waals surface area (Å²) in [6.45, 7) is 5.69. The molecular weight excluding hydrogens is 479 g/mol. The molecule has 1 amide bonds. The molecule has 2 N–H and O–H groups in total. The highest BCUT2D eigenvalue weighted by atomic mass is 127. The van der Waals surface area contributed by atoms with Crippen molar-refractivity contribution in [2.24, 2.45) is 4.99 Å². The summed E-state index contributed by atoms with van der Waals surface area (Å²) in [5.74, 6) is 0.973. The standard InChI is InChI=1S/C18H24N4OS2.HI/c1-2-19-18(21-12-15-4-3-10-24-15)20-8-5-17(23)22-9-6-16-14(13-22)7-11-25-16;/h3-4,7,10-11H,2,5-6,8-9,12-13H2,1H3,(H2,19,20,21);1H. The number of guanidine groups is 1. The van der Waals surface area contributed by atoms with Gasteiger partial charge in [-0.2, -0.15) is 0 Å². The smallest absolute Gasteiger partial charge is 0.224 e. The van der Waals surface area contributed by atoms with Crippen LogP contribution in [0.5, 0.6) is 0 Å². The van der Waals surface area contributed by atoms with Gasteiger partial charge in [0.25, 0.3) is 0 Å². The van der Waals surface area contributed by atoms with Crippen LogP contribution in [0.4, 0.5) is 0 Å². The molecule has 3 rings (SSSR count). The fraction of sp³-hybridized carbons (Fsp3) is 0.444. The number of carbonyl (C=O) groups is 1. The highest BCUT2D eigenvalue weighted by molar-refractivity contribution is 14.0. The molecule has 0 unspecified atom stereocenters. The molecular formula is C18H25IN4OS2. The van der Waals surface area contributed by atoms with Crippen LogP contribution in [0.1, 0.15) is 28.7 Å². The number of carbonyl (C=O) groups excluding carboxylic acids is 1. The van der Waals surface area contributed by atoms with Gasteiger partial charge in [0.1, 0.15) is 0 Å². The van der Waals surface area contributed by atoms with Gasteiger partial charge in [-0.3, -0.25) is 4.79 Å². The Hall–Kier alpha value is -1.13. The Morgan fingerprint density at radius 1 is 1.27 bits per heavy atom. The number of fused-ring (bicyclic) bond motifs is 1. The number of hydrogen-bond acceptors (Lipinski definition) is 4. The average Bonchev–Trinajstić information content (AvgIpc) is 3.30. The molecule has 3 heterocycles. The summed E-state index contributed by atoms with van der Waals surface area (Å²) >= 11 is 3.50. The van der Waals surface area contributed by atoms with Crippen molar-refractivity contribution in [3.63, 3.8) is 0 Å². The number of thiophene rings is 2. The van der Waals surface area contributed by atoms with Gasteiger partial charge in [-0.1, -0.05) is 6.07 Å². The molecule has 0 aromatic carbocycles. The van der Waals surface area contributed by atoms with E-state index in [0.717, 1.165) is 32.0 Å². The maximum Gasteiger partial charge on any atom is 0.224 e. The van der Waals surface area contributed by atoms with E-state index >= 15 is 0 Å². The zero-order chi connectivity index (χ0) is 17.5. The predicted octanol–water partition coefficient (Wildman–Crippen LogP) is 3.46. The van der Waals surface area contributed by atoms with Crippen LogP contribution in [0.3, 0.4) is 0 Å². The summed E-state index contributed by atoms with van der Waals surface area (Å²) in [5, 5.41) is 10.7. The highest BCUT2D eigenvalue weighted by Crippen LogP contribution is 2.24. The van der Waals surface area contributed by atoms with Gasteiger partial charge in [-0.25, -0.2) is 4.99 Å². The lowest BCUT2D eigenvalue weighted by atomic mass is 10.1. The first-order valence-corrected chi connectivity index (χ1v) is 10.4. The summed E-state index contributed by atoms with van der Waals surface area (Å²) in [5.41, 5.74) is 1.31. The zero-order valence-electron chi connectivity index (χ0n) is 14.9. The third kappa shape index (κ3) is 5.95. The van der Waals surface area contributed by atoms with Crippen LogP contribution in [0.2, 0.25) is 0 Å². The second kappa shape index (κ2) is 10.9. The van der Waals surface area contributed by atoms with E-state index in [0.29, 0.717) is 19.5 Å². The minimum Gasteiger partial charge on any atom is -0.357 e. The third-order valence-electron chi connectivity index (χ3n) is 4.11. The van der Waals surface area contributed by atoms with Crippen molar-refractivity contribution in [1.29, 1.82) is 0 Å². The quantitative estimate of drug-likeness (QED) is 0.360. The van der Waals surface area contributed by atoms with Gasteiger partial charge >= 0.3 is 0 Å². The summed E-state index contributed by atoms with van der Waals surface area (Å²) in [6.07, 6.45) is 1.47. The normalized spacial score (nSPS) is 13.7. The Morgan fingerprint density at radius 2 is 2.15 bits per heavy atom. The van der Waals surface area contributed by atoms with Crippen molar-refractivity contribution in [3.8, 4) is 0 Å². The Balaban J connectivity index is 0.00000243. The fourth-order valence-corrected chi connectivity index (χ4v) is 4.33. The van der Waals surface area contributed by atoms with Crippen molar-refractivity contribution in [2.45, 2.75) is 32.9 Å². The van der Waals surface area contributed by atoms with E-state index in [1.807, 2.05) is 17.9 Å². The summed E-state index contributed by atoms with van der Waals surface area (Å²) in [6, 6.07) is 6.25. The van der Waals surface area contributed by atoms with Crippen LogP contribution in [0.25, 0.3) is 0 Å². The average molecular weight is 504 g/mol. The maximum absolute atomic E-state index is 12.4. The number of halogens is 1. The first kappa shape index (κ1) is 21.2. The third-order valence-corrected chi connectivity index (χ3v) is 5.99. The lowest BCUT2D eigenvalue weighted by molar-refractivity contribution is -0.131. The SMILES string of the molecule is CCNC(=NCc1cccs1)NCCC(=O)N1CCc2sccc2C1.I. The minimum atomic E-state index is 0. The van der Waals surface area contributed by atoms with Crippen molar-refractivity contribution in [1.82, 2.24) is 15.5 Å². The van der Waals surface area contributed by atoms with Crippen molar-refractivity contribution in [3.05, 3.63) is 44.3 Å². The van der Waals surface area contributed by atoms with Crippen LogP contribution in [0, 0.1) is 0 Å². The topological polar surface area (TPSA) is 56.7 Å². The van der Waals surface area contributed by atoms with Gasteiger partial charge in [-0.15, -0.1) is 46.7 Å². The molecule has 142 valence electrons. The van der Waals surface area contributed by atoms with E-state index in [1.165, 1.54) is 15.3 Å². The predicted molar refractivity (Wildman–Crippen MR) is 121 cm³/mol. The van der Waals surface area contributed by atoms with Crippen LogP contribution in [-0.2, 0) is 24.3 Å². The van der Waals surface area contributed by atoms with Crippen LogP contribution < -0.4 is 10.6 Å². The first-order valence-electron chi connectivity index (χ1n) is 8.64. The summed E-state index contributed by atoms with van der Waals surface area (Å²) in [4.78, 5) is 21.6. The van der Waals surface area contributed by atoms with Gasteiger partial charge in [-0.05, 0) is 41.8 Å². The molecule has 8 heteroatoms. The Kier molecular flexibility index (Phi) is 8.86. The Bertz CT molecular complexity index is 715. The largest absolute Gasteiger partial charge is 0.357 e. The number of aliphatic imine (C=N–C) groups is 1. The van der Waals surface area contributed by atoms with E-state index in [-0.39, 0.29) is 29.9 Å². The molecule has 0 atom stereocenters. The van der Waals surface area contributed by atoms with E-state index in [2.05, 4.69) is 38.5 Å². The lowest BCUT2D eigenvalue weighted by Gasteiger charge is -2.27. The van der Waals surface area contributed by atoms with Gasteiger partial charge < -0.3 is 15.5 Å². The molecule has 0 aliphatic carbocycles. The zero-order valence-corrected chi connectivity index (χ0v) is 18.8. The molecule has 0 fully saturated rings. The van der Waals surface area contributed by atoms with Crippen LogP contribution >= 0.6 is 46.7 Å². The van der Waals surface area contributed by atoms with E-state index in [1.54, 1.807) is 22.7 Å². The van der Waals surface area contributed by atoms with Crippen LogP contribution in [-0.4, -0.2) is 36.4 Å². The molecule has 0 saturated carbocycles. The van der Waals surface area contributed by atoms with Gasteiger partial charge in [0.15, 0.2) is 5.96 Å². The van der Waals surface area contributed by atoms with E-state index in [4.69, 9.17) is 0 Å². The molecule has 5 nitrogen and oxygen atoms in total. The molecule has 0 bridgehead atoms. The monoisotopic (exact) mass is 504 g/mol. The molecule has 0 spiro atoms. The molecule has 2 aromatic rings. The first-order chi connectivity index (χ1) is 12.3. The Morgan fingerprint density at radius 3 is 2.92 bits per heavy atom. The Labute approximate surface area is 179 Å². The molecule has 2 aromatic heterocycles. The number of nitrogens with zero attached hydrogens (tertiary/aromatic N) is 2. The highest BCUT2D eigenvalue weighted by Gasteiger charge is 2.20. The van der Waals surface area contributed by atoms with E-state index in [9.17, 15) is 4.79 Å². The molecule has 26 heavy (non-hydrogen) atoms. The molecule has 1 aliphatic heterocycles. The fourth-order valence-electron chi connectivity index (χ4n) is 2.81. The van der Waals surface area contributed by atoms with Gasteiger partial charge in [0.2, 0.25) is 5.91 Å². The molecule has 0 saturated heterocycles. The van der Waals surface area contributed by atoms with Crippen LogP contribution in [0.15, 0.2) is 34.0 Å². The second-order valence-electron chi connectivity index (χ2n) is 5.89. The number of amides is 1. The van der Waals surface area contributed by atoms with Gasteiger partial charge in [0.05, 0.1) is 6.54 Å². The second-order valence-corrected chi connectivity index (χ2v) is 7.92. The lowest BCUT2D eigenvalue weighted by Crippen LogP contribution is -2.41. The van der Waals surface area contributed by atoms with Crippen molar-refractivity contribution in [2.75, 3.05) is 19.6 Å². The molecule has 1 aliphatic rings. The van der Waals surface area contributed by atoms with Crippen molar-refractivity contribution < 1.29 is 4.79 Å². The van der Waals surface area contributed by atoms with Gasteiger partial charge in [0, 0.05) is 42.4 Å².